The maximum absolute atomic E-state index is 4.84. The Bertz CT molecular complexity index is 1130. The summed E-state index contributed by atoms with van der Waals surface area (Å²) in [6.07, 6.45) is 1.81. The zero-order valence-electron chi connectivity index (χ0n) is 14.0. The molecule has 4 rings (SSSR count). The van der Waals surface area contributed by atoms with E-state index in [0.717, 1.165) is 43.4 Å². The number of pyridine rings is 2. The van der Waals surface area contributed by atoms with E-state index in [2.05, 4.69) is 64.2 Å². The van der Waals surface area contributed by atoms with E-state index in [9.17, 15) is 0 Å². The highest BCUT2D eigenvalue weighted by atomic mass is 79.9. The predicted molar refractivity (Wildman–Crippen MR) is 108 cm³/mol. The molecule has 4 aromatic rings. The highest BCUT2D eigenvalue weighted by molar-refractivity contribution is 9.10. The quantitative estimate of drug-likeness (QED) is 0.311. The van der Waals surface area contributed by atoms with Crippen molar-refractivity contribution in [3.05, 3.63) is 76.5 Å². The van der Waals surface area contributed by atoms with Gasteiger partial charge in [-0.25, -0.2) is 4.98 Å². The summed E-state index contributed by atoms with van der Waals surface area (Å²) in [6, 6.07) is 18.4. The second-order valence-electron chi connectivity index (χ2n) is 6.06. The number of aliphatic imine (C=N–C) groups is 1. The average molecular weight is 390 g/mol. The number of nitrogens with zero attached hydrogens (tertiary/aromatic N) is 3. The van der Waals surface area contributed by atoms with Crippen LogP contribution in [0.5, 0.6) is 0 Å². The van der Waals surface area contributed by atoms with Crippen molar-refractivity contribution < 1.29 is 0 Å². The molecule has 0 amide bonds. The smallest absolute Gasteiger partial charge is 0.0972 e. The first-order chi connectivity index (χ1) is 12.1. The Morgan fingerprint density at radius 1 is 0.960 bits per heavy atom. The van der Waals surface area contributed by atoms with Gasteiger partial charge in [0.05, 0.1) is 28.1 Å². The lowest BCUT2D eigenvalue weighted by molar-refractivity contribution is 1.32. The van der Waals surface area contributed by atoms with Gasteiger partial charge in [0.25, 0.3) is 0 Å². The highest BCUT2D eigenvalue weighted by Gasteiger charge is 2.07. The SMILES string of the molecule is CC(=Nc1ccc(C)cc1Br)c1ccc2ccc3cccnc3c2n1. The molecule has 0 aliphatic carbocycles. The maximum atomic E-state index is 4.84. The van der Waals surface area contributed by atoms with Crippen LogP contribution in [0.25, 0.3) is 21.8 Å². The molecule has 0 N–H and O–H groups in total. The van der Waals surface area contributed by atoms with Gasteiger partial charge in [-0.3, -0.25) is 9.98 Å². The van der Waals surface area contributed by atoms with Crippen LogP contribution in [0, 0.1) is 6.92 Å². The molecule has 0 aliphatic rings. The Morgan fingerprint density at radius 3 is 2.52 bits per heavy atom. The average Bonchev–Trinajstić information content (AvgIpc) is 2.63. The van der Waals surface area contributed by atoms with E-state index >= 15 is 0 Å². The highest BCUT2D eigenvalue weighted by Crippen LogP contribution is 2.27. The number of benzene rings is 2. The minimum atomic E-state index is 0.859. The van der Waals surface area contributed by atoms with E-state index in [1.165, 1.54) is 5.56 Å². The van der Waals surface area contributed by atoms with Crippen LogP contribution in [0.1, 0.15) is 18.2 Å². The number of aromatic nitrogens is 2. The molecule has 0 atom stereocenters. The van der Waals surface area contributed by atoms with E-state index in [-0.39, 0.29) is 0 Å². The minimum absolute atomic E-state index is 0.859. The van der Waals surface area contributed by atoms with E-state index < -0.39 is 0 Å². The molecular weight excluding hydrogens is 374 g/mol. The normalized spacial score (nSPS) is 12.0. The minimum Gasteiger partial charge on any atom is -0.254 e. The number of fused-ring (bicyclic) bond motifs is 3. The predicted octanol–water partition coefficient (Wildman–Crippen LogP) is 5.99. The summed E-state index contributed by atoms with van der Waals surface area (Å²) in [5.74, 6) is 0. The van der Waals surface area contributed by atoms with Gasteiger partial charge in [-0.15, -0.1) is 0 Å². The molecule has 2 aromatic carbocycles. The van der Waals surface area contributed by atoms with Crippen molar-refractivity contribution in [2.24, 2.45) is 4.99 Å². The van der Waals surface area contributed by atoms with Crippen molar-refractivity contribution in [1.29, 1.82) is 0 Å². The van der Waals surface area contributed by atoms with E-state index in [1.807, 2.05) is 25.1 Å². The molecule has 0 saturated carbocycles. The summed E-state index contributed by atoms with van der Waals surface area (Å²) in [5.41, 5.74) is 5.67. The van der Waals surface area contributed by atoms with Gasteiger partial charge in [0.15, 0.2) is 0 Å². The standard InChI is InChI=1S/C21H16BrN3/c1-13-5-9-19(17(22)12-13)24-14(2)18-10-8-16-7-6-15-4-3-11-23-20(15)21(16)25-18/h3-12H,1-2H3. The molecule has 0 radical (unpaired) electrons. The second kappa shape index (κ2) is 6.37. The van der Waals surface area contributed by atoms with Crippen LogP contribution in [-0.4, -0.2) is 15.7 Å². The molecule has 2 aromatic heterocycles. The molecule has 0 bridgehead atoms. The zero-order valence-corrected chi connectivity index (χ0v) is 15.6. The second-order valence-corrected chi connectivity index (χ2v) is 6.92. The fraction of sp³-hybridized carbons (Fsp3) is 0.0952. The molecule has 0 aliphatic heterocycles. The van der Waals surface area contributed by atoms with Crippen LogP contribution in [0.2, 0.25) is 0 Å². The summed E-state index contributed by atoms with van der Waals surface area (Å²) in [5, 5.41) is 2.18. The van der Waals surface area contributed by atoms with E-state index in [1.54, 1.807) is 6.20 Å². The monoisotopic (exact) mass is 389 g/mol. The summed E-state index contributed by atoms with van der Waals surface area (Å²) in [6.45, 7) is 4.05. The molecule has 0 fully saturated rings. The van der Waals surface area contributed by atoms with Gasteiger partial charge < -0.3 is 0 Å². The van der Waals surface area contributed by atoms with Crippen molar-refractivity contribution in [2.45, 2.75) is 13.8 Å². The first-order valence-electron chi connectivity index (χ1n) is 8.08. The topological polar surface area (TPSA) is 38.1 Å². The first-order valence-corrected chi connectivity index (χ1v) is 8.87. The number of halogens is 1. The van der Waals surface area contributed by atoms with E-state index in [4.69, 9.17) is 9.98 Å². The van der Waals surface area contributed by atoms with Gasteiger partial charge in [0, 0.05) is 21.4 Å². The van der Waals surface area contributed by atoms with Crippen molar-refractivity contribution in [3.63, 3.8) is 0 Å². The summed E-state index contributed by atoms with van der Waals surface area (Å²) < 4.78 is 0.986. The molecule has 122 valence electrons. The molecule has 0 unspecified atom stereocenters. The molecule has 3 nitrogen and oxygen atoms in total. The Kier molecular flexibility index (Phi) is 4.06. The molecule has 0 saturated heterocycles. The Morgan fingerprint density at radius 2 is 1.72 bits per heavy atom. The Hall–Kier alpha value is -2.59. The largest absolute Gasteiger partial charge is 0.254 e. The lowest BCUT2D eigenvalue weighted by Gasteiger charge is -2.06. The lowest BCUT2D eigenvalue weighted by atomic mass is 10.1. The van der Waals surface area contributed by atoms with Crippen LogP contribution < -0.4 is 0 Å². The summed E-state index contributed by atoms with van der Waals surface area (Å²) >= 11 is 3.58. The van der Waals surface area contributed by atoms with Gasteiger partial charge in [-0.05, 0) is 59.6 Å². The Labute approximate surface area is 154 Å². The molecule has 2 heterocycles. The van der Waals surface area contributed by atoms with Crippen LogP contribution in [0.15, 0.2) is 70.3 Å². The third-order valence-electron chi connectivity index (χ3n) is 4.19. The number of rotatable bonds is 2. The van der Waals surface area contributed by atoms with Crippen LogP contribution in [0.4, 0.5) is 5.69 Å². The zero-order chi connectivity index (χ0) is 17.4. The van der Waals surface area contributed by atoms with Gasteiger partial charge >= 0.3 is 0 Å². The molecule has 0 spiro atoms. The first kappa shape index (κ1) is 15.9. The van der Waals surface area contributed by atoms with Gasteiger partial charge in [0.1, 0.15) is 0 Å². The maximum Gasteiger partial charge on any atom is 0.0972 e. The number of hydrogen-bond acceptors (Lipinski definition) is 3. The van der Waals surface area contributed by atoms with E-state index in [0.29, 0.717) is 0 Å². The third-order valence-corrected chi connectivity index (χ3v) is 4.83. The number of hydrogen-bond donors (Lipinski definition) is 0. The third kappa shape index (κ3) is 3.05. The number of aryl methyl sites for hydroxylation is 1. The van der Waals surface area contributed by atoms with Crippen LogP contribution in [0.3, 0.4) is 0 Å². The summed E-state index contributed by atoms with van der Waals surface area (Å²) in [7, 11) is 0. The van der Waals surface area contributed by atoms with Crippen LogP contribution >= 0.6 is 15.9 Å². The van der Waals surface area contributed by atoms with Crippen molar-refractivity contribution >= 4 is 49.1 Å². The molecule has 25 heavy (non-hydrogen) atoms. The van der Waals surface area contributed by atoms with Gasteiger partial charge in [-0.2, -0.15) is 0 Å². The van der Waals surface area contributed by atoms with Crippen LogP contribution in [-0.2, 0) is 0 Å². The fourth-order valence-corrected chi connectivity index (χ4v) is 3.45. The molecule has 4 heteroatoms. The van der Waals surface area contributed by atoms with Crippen molar-refractivity contribution in [2.75, 3.05) is 0 Å². The van der Waals surface area contributed by atoms with Crippen molar-refractivity contribution in [1.82, 2.24) is 9.97 Å². The fourth-order valence-electron chi connectivity index (χ4n) is 2.87. The van der Waals surface area contributed by atoms with Gasteiger partial charge in [-0.1, -0.05) is 30.3 Å². The Balaban J connectivity index is 1.85. The van der Waals surface area contributed by atoms with Gasteiger partial charge in [0.2, 0.25) is 0 Å². The lowest BCUT2D eigenvalue weighted by Crippen LogP contribution is -1.99. The summed E-state index contributed by atoms with van der Waals surface area (Å²) in [4.78, 5) is 14.1. The van der Waals surface area contributed by atoms with Crippen molar-refractivity contribution in [3.8, 4) is 0 Å². The molecular formula is C21H16BrN3.